The van der Waals surface area contributed by atoms with E-state index in [1.807, 2.05) is 26.8 Å². The molecule has 2 rings (SSSR count). The van der Waals surface area contributed by atoms with Crippen LogP contribution in [0.1, 0.15) is 30.1 Å². The van der Waals surface area contributed by atoms with Crippen LogP contribution in [0, 0.1) is 6.92 Å². The van der Waals surface area contributed by atoms with Gasteiger partial charge in [-0.15, -0.1) is 0 Å². The van der Waals surface area contributed by atoms with Gasteiger partial charge >= 0.3 is 0 Å². The van der Waals surface area contributed by atoms with Gasteiger partial charge < -0.3 is 15.5 Å². The lowest BCUT2D eigenvalue weighted by molar-refractivity contribution is 0.0920. The molecule has 0 aliphatic heterocycles. The van der Waals surface area contributed by atoms with Gasteiger partial charge in [0.15, 0.2) is 11.3 Å². The van der Waals surface area contributed by atoms with E-state index in [4.69, 9.17) is 10.2 Å². The molecule has 0 radical (unpaired) electrons. The second-order valence-electron chi connectivity index (χ2n) is 5.12. The standard InChI is InChI=1S/C13H17N3O2/c1-8-4-5-10-9(16-8)6-11(18-10)12(17)15-7-13(2,3)14/h4-6H,7,14H2,1-3H3,(H,15,17). The summed E-state index contributed by atoms with van der Waals surface area (Å²) < 4.78 is 5.43. The summed E-state index contributed by atoms with van der Waals surface area (Å²) in [7, 11) is 0. The molecule has 0 unspecified atom stereocenters. The predicted molar refractivity (Wildman–Crippen MR) is 69.3 cm³/mol. The number of hydrogen-bond acceptors (Lipinski definition) is 4. The van der Waals surface area contributed by atoms with E-state index >= 15 is 0 Å². The van der Waals surface area contributed by atoms with Crippen molar-refractivity contribution in [3.63, 3.8) is 0 Å². The van der Waals surface area contributed by atoms with Crippen molar-refractivity contribution >= 4 is 17.0 Å². The van der Waals surface area contributed by atoms with E-state index < -0.39 is 5.54 Å². The number of aromatic nitrogens is 1. The van der Waals surface area contributed by atoms with E-state index in [1.165, 1.54) is 0 Å². The molecule has 0 aromatic carbocycles. The van der Waals surface area contributed by atoms with E-state index in [0.29, 0.717) is 17.6 Å². The summed E-state index contributed by atoms with van der Waals surface area (Å²) in [6.07, 6.45) is 0. The third-order valence-electron chi connectivity index (χ3n) is 2.44. The fraction of sp³-hybridized carbons (Fsp3) is 0.385. The van der Waals surface area contributed by atoms with Crippen LogP contribution in [0.5, 0.6) is 0 Å². The van der Waals surface area contributed by atoms with E-state index in [9.17, 15) is 4.79 Å². The van der Waals surface area contributed by atoms with Crippen LogP contribution in [0.2, 0.25) is 0 Å². The van der Waals surface area contributed by atoms with Crippen LogP contribution in [0.3, 0.4) is 0 Å². The third-order valence-corrected chi connectivity index (χ3v) is 2.44. The molecule has 2 aromatic rings. The SMILES string of the molecule is Cc1ccc2oc(C(=O)NCC(C)(C)N)cc2n1. The minimum atomic E-state index is -0.448. The number of hydrogen-bond donors (Lipinski definition) is 2. The van der Waals surface area contributed by atoms with E-state index in [0.717, 1.165) is 5.69 Å². The summed E-state index contributed by atoms with van der Waals surface area (Å²) in [5.74, 6) is -0.0171. The summed E-state index contributed by atoms with van der Waals surface area (Å²) in [6.45, 7) is 5.96. The number of rotatable bonds is 3. The molecule has 2 heterocycles. The number of pyridine rings is 1. The van der Waals surface area contributed by atoms with E-state index in [1.54, 1.807) is 12.1 Å². The van der Waals surface area contributed by atoms with Crippen molar-refractivity contribution in [1.82, 2.24) is 10.3 Å². The van der Waals surface area contributed by atoms with Gasteiger partial charge in [-0.1, -0.05) is 0 Å². The highest BCUT2D eigenvalue weighted by molar-refractivity contribution is 5.95. The molecule has 96 valence electrons. The minimum absolute atomic E-state index is 0.257. The van der Waals surface area contributed by atoms with Crippen molar-refractivity contribution in [3.05, 3.63) is 29.7 Å². The Labute approximate surface area is 105 Å². The lowest BCUT2D eigenvalue weighted by atomic mass is 10.1. The molecule has 0 spiro atoms. The number of carbonyl (C=O) groups excluding carboxylic acids is 1. The highest BCUT2D eigenvalue weighted by Gasteiger charge is 2.16. The minimum Gasteiger partial charge on any atom is -0.449 e. The smallest absolute Gasteiger partial charge is 0.287 e. The molecule has 2 aromatic heterocycles. The number of furan rings is 1. The first-order valence-corrected chi connectivity index (χ1v) is 5.79. The molecule has 3 N–H and O–H groups in total. The second kappa shape index (κ2) is 4.42. The molecule has 0 aliphatic rings. The summed E-state index contributed by atoms with van der Waals surface area (Å²) in [4.78, 5) is 16.1. The first-order chi connectivity index (χ1) is 8.35. The van der Waals surface area contributed by atoms with Gasteiger partial charge in [-0.2, -0.15) is 0 Å². The number of amides is 1. The number of nitrogens with one attached hydrogen (secondary N) is 1. The summed E-state index contributed by atoms with van der Waals surface area (Å²) >= 11 is 0. The first-order valence-electron chi connectivity index (χ1n) is 5.79. The number of nitrogens with zero attached hydrogens (tertiary/aromatic N) is 1. The van der Waals surface area contributed by atoms with Crippen molar-refractivity contribution in [2.45, 2.75) is 26.3 Å². The Bertz CT molecular complexity index is 581. The lowest BCUT2D eigenvalue weighted by Gasteiger charge is -2.18. The van der Waals surface area contributed by atoms with Crippen molar-refractivity contribution in [1.29, 1.82) is 0 Å². The van der Waals surface area contributed by atoms with Gasteiger partial charge in [0.1, 0.15) is 5.52 Å². The molecule has 0 saturated carbocycles. The van der Waals surface area contributed by atoms with Crippen molar-refractivity contribution in [3.8, 4) is 0 Å². The van der Waals surface area contributed by atoms with Crippen LogP contribution in [0.25, 0.3) is 11.1 Å². The predicted octanol–water partition coefficient (Wildman–Crippen LogP) is 1.60. The molecule has 0 atom stereocenters. The Morgan fingerprint density at radius 1 is 1.50 bits per heavy atom. The summed E-state index contributed by atoms with van der Waals surface area (Å²) in [5, 5.41) is 2.73. The maximum atomic E-state index is 11.9. The average molecular weight is 247 g/mol. The zero-order valence-corrected chi connectivity index (χ0v) is 10.8. The van der Waals surface area contributed by atoms with Gasteiger partial charge in [-0.05, 0) is 32.9 Å². The lowest BCUT2D eigenvalue weighted by Crippen LogP contribution is -2.45. The monoisotopic (exact) mass is 247 g/mol. The largest absolute Gasteiger partial charge is 0.449 e. The normalized spacial score (nSPS) is 11.8. The van der Waals surface area contributed by atoms with Crippen LogP contribution >= 0.6 is 0 Å². The fourth-order valence-electron chi connectivity index (χ4n) is 1.53. The Balaban J connectivity index is 2.18. The van der Waals surface area contributed by atoms with E-state index in [-0.39, 0.29) is 11.7 Å². The number of nitrogens with two attached hydrogens (primary N) is 1. The topological polar surface area (TPSA) is 81.2 Å². The second-order valence-corrected chi connectivity index (χ2v) is 5.12. The molecule has 1 amide bonds. The maximum Gasteiger partial charge on any atom is 0.287 e. The van der Waals surface area contributed by atoms with E-state index in [2.05, 4.69) is 10.3 Å². The maximum absolute atomic E-state index is 11.9. The highest BCUT2D eigenvalue weighted by atomic mass is 16.3. The van der Waals surface area contributed by atoms with Crippen LogP contribution in [0.4, 0.5) is 0 Å². The van der Waals surface area contributed by atoms with Gasteiger partial charge in [-0.3, -0.25) is 4.79 Å². The van der Waals surface area contributed by atoms with Crippen LogP contribution in [-0.4, -0.2) is 23.0 Å². The van der Waals surface area contributed by atoms with Crippen LogP contribution in [-0.2, 0) is 0 Å². The Hall–Kier alpha value is -1.88. The Kier molecular flexibility index (Phi) is 3.09. The van der Waals surface area contributed by atoms with Gasteiger partial charge in [0.2, 0.25) is 0 Å². The molecule has 0 saturated heterocycles. The van der Waals surface area contributed by atoms with Crippen LogP contribution < -0.4 is 11.1 Å². The summed E-state index contributed by atoms with van der Waals surface area (Å²) in [5.41, 5.74) is 7.53. The molecule has 5 heteroatoms. The van der Waals surface area contributed by atoms with Gasteiger partial charge in [0.05, 0.1) is 0 Å². The molecule has 5 nitrogen and oxygen atoms in total. The van der Waals surface area contributed by atoms with Crippen molar-refractivity contribution in [2.24, 2.45) is 5.73 Å². The molecular formula is C13H17N3O2. The third kappa shape index (κ3) is 2.87. The Morgan fingerprint density at radius 2 is 2.22 bits per heavy atom. The van der Waals surface area contributed by atoms with Crippen molar-refractivity contribution < 1.29 is 9.21 Å². The molecule has 0 fully saturated rings. The Morgan fingerprint density at radius 3 is 2.89 bits per heavy atom. The quantitative estimate of drug-likeness (QED) is 0.863. The molecule has 0 aliphatic carbocycles. The zero-order valence-electron chi connectivity index (χ0n) is 10.8. The zero-order chi connectivity index (χ0) is 13.3. The number of aryl methyl sites for hydroxylation is 1. The number of carbonyl (C=O) groups is 1. The van der Waals surface area contributed by atoms with Gasteiger partial charge in [-0.25, -0.2) is 4.98 Å². The highest BCUT2D eigenvalue weighted by Crippen LogP contribution is 2.17. The molecular weight excluding hydrogens is 230 g/mol. The van der Waals surface area contributed by atoms with Crippen LogP contribution in [0.15, 0.2) is 22.6 Å². The first kappa shape index (κ1) is 12.6. The fourth-order valence-corrected chi connectivity index (χ4v) is 1.53. The van der Waals surface area contributed by atoms with Gasteiger partial charge in [0, 0.05) is 23.8 Å². The van der Waals surface area contributed by atoms with Gasteiger partial charge in [0.25, 0.3) is 5.91 Å². The summed E-state index contributed by atoms with van der Waals surface area (Å²) in [6, 6.07) is 5.29. The molecule has 18 heavy (non-hydrogen) atoms. The molecule has 0 bridgehead atoms. The number of fused-ring (bicyclic) bond motifs is 1. The van der Waals surface area contributed by atoms with Crippen molar-refractivity contribution in [2.75, 3.05) is 6.54 Å². The average Bonchev–Trinajstić information content (AvgIpc) is 2.67.